The second-order valence-electron chi connectivity index (χ2n) is 5.41. The van der Waals surface area contributed by atoms with Crippen molar-refractivity contribution in [3.05, 3.63) is 34.9 Å². The first-order valence-electron chi connectivity index (χ1n) is 6.92. The molecule has 0 radical (unpaired) electrons. The molecule has 2 unspecified atom stereocenters. The summed E-state index contributed by atoms with van der Waals surface area (Å²) in [6.45, 7) is 1.85. The molecule has 21 heavy (non-hydrogen) atoms. The molecule has 1 aromatic carbocycles. The third kappa shape index (κ3) is 3.67. The number of carbonyl (C=O) groups is 2. The molecule has 0 saturated heterocycles. The Morgan fingerprint density at radius 1 is 1.38 bits per heavy atom. The highest BCUT2D eigenvalue weighted by Crippen LogP contribution is 2.33. The van der Waals surface area contributed by atoms with Crippen LogP contribution in [0.5, 0.6) is 0 Å². The number of benzene rings is 1. The summed E-state index contributed by atoms with van der Waals surface area (Å²) in [5.41, 5.74) is 0.829. The molecule has 1 saturated carbocycles. The summed E-state index contributed by atoms with van der Waals surface area (Å²) in [4.78, 5) is 24.9. The Labute approximate surface area is 128 Å². The zero-order chi connectivity index (χ0) is 15.6. The van der Waals surface area contributed by atoms with Gasteiger partial charge in [0.2, 0.25) is 0 Å². The van der Waals surface area contributed by atoms with E-state index in [2.05, 4.69) is 5.32 Å². The van der Waals surface area contributed by atoms with Crippen LogP contribution in [0.15, 0.2) is 24.3 Å². The lowest BCUT2D eigenvalue weighted by molar-refractivity contribution is -0.139. The van der Waals surface area contributed by atoms with Crippen LogP contribution in [0.4, 0.5) is 4.79 Å². The van der Waals surface area contributed by atoms with E-state index in [4.69, 9.17) is 16.7 Å². The lowest BCUT2D eigenvalue weighted by Gasteiger charge is -2.27. The van der Waals surface area contributed by atoms with Gasteiger partial charge in [-0.25, -0.2) is 9.59 Å². The van der Waals surface area contributed by atoms with E-state index in [9.17, 15) is 9.59 Å². The number of rotatable bonds is 5. The minimum Gasteiger partial charge on any atom is -0.480 e. The van der Waals surface area contributed by atoms with Crippen molar-refractivity contribution >= 4 is 23.6 Å². The standard InChI is InChI=1S/C15H19ClN2O3/c1-9(11-5-3-4-6-12(11)16)18(2)15(21)17-13(14(19)20)10-7-8-10/h3-6,9-10,13H,7-8H2,1-2H3,(H,17,21)(H,19,20). The molecule has 114 valence electrons. The quantitative estimate of drug-likeness (QED) is 0.878. The topological polar surface area (TPSA) is 69.6 Å². The normalized spacial score (nSPS) is 16.9. The molecule has 2 atom stereocenters. The zero-order valence-corrected chi connectivity index (χ0v) is 12.8. The van der Waals surface area contributed by atoms with Crippen LogP contribution in [0.2, 0.25) is 5.02 Å². The van der Waals surface area contributed by atoms with Gasteiger partial charge in [0.25, 0.3) is 0 Å². The van der Waals surface area contributed by atoms with Gasteiger partial charge in [-0.3, -0.25) is 0 Å². The van der Waals surface area contributed by atoms with Gasteiger partial charge in [0.15, 0.2) is 0 Å². The molecule has 0 aromatic heterocycles. The first kappa shape index (κ1) is 15.6. The van der Waals surface area contributed by atoms with Crippen molar-refractivity contribution < 1.29 is 14.7 Å². The Balaban J connectivity index is 2.04. The van der Waals surface area contributed by atoms with E-state index in [1.807, 2.05) is 25.1 Å². The third-order valence-electron chi connectivity index (χ3n) is 3.90. The number of carbonyl (C=O) groups excluding carboxylic acids is 1. The van der Waals surface area contributed by atoms with Crippen molar-refractivity contribution in [2.75, 3.05) is 7.05 Å². The van der Waals surface area contributed by atoms with Crippen LogP contribution in [0, 0.1) is 5.92 Å². The lowest BCUT2D eigenvalue weighted by atomic mass is 10.1. The summed E-state index contributed by atoms with van der Waals surface area (Å²) >= 11 is 6.13. The van der Waals surface area contributed by atoms with Crippen molar-refractivity contribution in [1.82, 2.24) is 10.2 Å². The Morgan fingerprint density at radius 3 is 2.52 bits per heavy atom. The van der Waals surface area contributed by atoms with Crippen LogP contribution in [0.25, 0.3) is 0 Å². The van der Waals surface area contributed by atoms with Gasteiger partial charge >= 0.3 is 12.0 Å². The summed E-state index contributed by atoms with van der Waals surface area (Å²) in [6, 6.07) is 5.85. The minimum absolute atomic E-state index is 0.0514. The van der Waals surface area contributed by atoms with E-state index >= 15 is 0 Å². The molecule has 0 aliphatic heterocycles. The second-order valence-corrected chi connectivity index (χ2v) is 5.82. The average molecular weight is 311 g/mol. The van der Waals surface area contributed by atoms with E-state index in [1.54, 1.807) is 13.1 Å². The fourth-order valence-corrected chi connectivity index (χ4v) is 2.54. The van der Waals surface area contributed by atoms with E-state index in [0.717, 1.165) is 18.4 Å². The number of nitrogens with zero attached hydrogens (tertiary/aromatic N) is 1. The van der Waals surface area contributed by atoms with E-state index in [1.165, 1.54) is 4.90 Å². The van der Waals surface area contributed by atoms with Crippen LogP contribution in [0.1, 0.15) is 31.4 Å². The monoisotopic (exact) mass is 310 g/mol. The zero-order valence-electron chi connectivity index (χ0n) is 12.0. The number of nitrogens with one attached hydrogen (secondary N) is 1. The van der Waals surface area contributed by atoms with Gasteiger partial charge in [-0.15, -0.1) is 0 Å². The van der Waals surface area contributed by atoms with Crippen LogP contribution >= 0.6 is 11.6 Å². The van der Waals surface area contributed by atoms with Crippen LogP contribution in [-0.2, 0) is 4.79 Å². The van der Waals surface area contributed by atoms with Gasteiger partial charge < -0.3 is 15.3 Å². The predicted octanol–water partition coefficient (Wildman–Crippen LogP) is 2.91. The number of carboxylic acid groups (broad SMARTS) is 1. The molecule has 2 N–H and O–H groups in total. The smallest absolute Gasteiger partial charge is 0.326 e. The highest BCUT2D eigenvalue weighted by atomic mass is 35.5. The number of halogens is 1. The maximum absolute atomic E-state index is 12.2. The number of carboxylic acids is 1. The van der Waals surface area contributed by atoms with Gasteiger partial charge in [-0.1, -0.05) is 29.8 Å². The molecule has 2 amide bonds. The Bertz CT molecular complexity index is 545. The molecule has 1 aliphatic rings. The van der Waals surface area contributed by atoms with Crippen LogP contribution < -0.4 is 5.32 Å². The summed E-state index contributed by atoms with van der Waals surface area (Å²) in [7, 11) is 1.63. The molecular formula is C15H19ClN2O3. The number of aliphatic carboxylic acids is 1. The SMILES string of the molecule is CC(c1ccccc1Cl)N(C)C(=O)NC(C(=O)O)C1CC1. The average Bonchev–Trinajstić information content (AvgIpc) is 3.27. The van der Waals surface area contributed by atoms with Gasteiger partial charge in [-0.2, -0.15) is 0 Å². The maximum Gasteiger partial charge on any atom is 0.326 e. The number of hydrogen-bond acceptors (Lipinski definition) is 2. The second kappa shape index (κ2) is 6.35. The van der Waals surface area contributed by atoms with E-state index in [0.29, 0.717) is 5.02 Å². The Hall–Kier alpha value is -1.75. The van der Waals surface area contributed by atoms with Gasteiger partial charge in [0.05, 0.1) is 6.04 Å². The van der Waals surface area contributed by atoms with Gasteiger partial charge in [-0.05, 0) is 37.3 Å². The van der Waals surface area contributed by atoms with Crippen molar-refractivity contribution in [3.8, 4) is 0 Å². The molecule has 1 fully saturated rings. The first-order valence-corrected chi connectivity index (χ1v) is 7.30. The molecule has 0 bridgehead atoms. The molecule has 5 nitrogen and oxygen atoms in total. The summed E-state index contributed by atoms with van der Waals surface area (Å²) < 4.78 is 0. The molecule has 0 heterocycles. The van der Waals surface area contributed by atoms with E-state index < -0.39 is 18.0 Å². The predicted molar refractivity (Wildman–Crippen MR) is 80.3 cm³/mol. The van der Waals surface area contributed by atoms with Crippen LogP contribution in [-0.4, -0.2) is 35.1 Å². The third-order valence-corrected chi connectivity index (χ3v) is 4.24. The molecule has 0 spiro atoms. The summed E-state index contributed by atoms with van der Waals surface area (Å²) in [6.07, 6.45) is 1.70. The molecule has 6 heteroatoms. The first-order chi connectivity index (χ1) is 9.91. The van der Waals surface area contributed by atoms with Crippen molar-refractivity contribution in [2.45, 2.75) is 31.8 Å². The van der Waals surface area contributed by atoms with Crippen molar-refractivity contribution in [1.29, 1.82) is 0 Å². The molecule has 1 aromatic rings. The fourth-order valence-electron chi connectivity index (χ4n) is 2.24. The fraction of sp³-hybridized carbons (Fsp3) is 0.467. The summed E-state index contributed by atoms with van der Waals surface area (Å²) in [5, 5.41) is 12.3. The largest absolute Gasteiger partial charge is 0.480 e. The highest BCUT2D eigenvalue weighted by Gasteiger charge is 2.38. The summed E-state index contributed by atoms with van der Waals surface area (Å²) in [5.74, 6) is -0.930. The lowest BCUT2D eigenvalue weighted by Crippen LogP contribution is -2.48. The maximum atomic E-state index is 12.2. The number of hydrogen-bond donors (Lipinski definition) is 2. The molecular weight excluding hydrogens is 292 g/mol. The van der Waals surface area contributed by atoms with Gasteiger partial charge in [0, 0.05) is 12.1 Å². The highest BCUT2D eigenvalue weighted by molar-refractivity contribution is 6.31. The molecule has 1 aliphatic carbocycles. The van der Waals surface area contributed by atoms with Crippen LogP contribution in [0.3, 0.4) is 0 Å². The Kier molecular flexibility index (Phi) is 4.73. The van der Waals surface area contributed by atoms with Crippen molar-refractivity contribution in [3.63, 3.8) is 0 Å². The van der Waals surface area contributed by atoms with Crippen molar-refractivity contribution in [2.24, 2.45) is 5.92 Å². The number of amides is 2. The van der Waals surface area contributed by atoms with E-state index in [-0.39, 0.29) is 12.0 Å². The Morgan fingerprint density at radius 2 is 2.00 bits per heavy atom. The minimum atomic E-state index is -0.982. The molecule has 2 rings (SSSR count). The number of urea groups is 1. The van der Waals surface area contributed by atoms with Gasteiger partial charge in [0.1, 0.15) is 6.04 Å².